The first-order valence-electron chi connectivity index (χ1n) is 10.9. The molecule has 0 unspecified atom stereocenters. The minimum atomic E-state index is -1.14. The number of nitrogens with one attached hydrogen (secondary N) is 1. The van der Waals surface area contributed by atoms with Crippen LogP contribution >= 0.6 is 11.8 Å². The Hall–Kier alpha value is -4.11. The van der Waals surface area contributed by atoms with Crippen molar-refractivity contribution < 1.29 is 14.3 Å². The van der Waals surface area contributed by atoms with E-state index in [4.69, 9.17) is 4.74 Å². The summed E-state index contributed by atoms with van der Waals surface area (Å²) in [5.74, 6) is -1.28. The van der Waals surface area contributed by atoms with Crippen LogP contribution in [0.1, 0.15) is 23.0 Å². The van der Waals surface area contributed by atoms with E-state index in [9.17, 15) is 14.4 Å². The molecule has 0 spiro atoms. The fourth-order valence-electron chi connectivity index (χ4n) is 3.44. The van der Waals surface area contributed by atoms with Crippen molar-refractivity contribution in [2.75, 3.05) is 5.32 Å². The third-order valence-electron chi connectivity index (χ3n) is 5.40. The van der Waals surface area contributed by atoms with Crippen LogP contribution in [0, 0.1) is 6.92 Å². The molecule has 2 aromatic heterocycles. The molecule has 0 saturated heterocycles. The Morgan fingerprint density at radius 2 is 1.66 bits per heavy atom. The van der Waals surface area contributed by atoms with Crippen molar-refractivity contribution in [1.29, 1.82) is 0 Å². The molecule has 0 aliphatic heterocycles. The predicted octanol–water partition coefficient (Wildman–Crippen LogP) is 4.21. The van der Waals surface area contributed by atoms with Gasteiger partial charge in [0.25, 0.3) is 11.5 Å². The summed E-state index contributed by atoms with van der Waals surface area (Å²) in [5, 5.41) is 3.10. The molecule has 4 rings (SSSR count). The maximum absolute atomic E-state index is 13.0. The Morgan fingerprint density at radius 3 is 2.34 bits per heavy atom. The van der Waals surface area contributed by atoms with Gasteiger partial charge in [-0.05, 0) is 50.2 Å². The zero-order valence-electron chi connectivity index (χ0n) is 19.5. The molecular weight excluding hydrogens is 464 g/mol. The smallest absolute Gasteiger partial charge is 0.341 e. The van der Waals surface area contributed by atoms with Crippen LogP contribution in [0.25, 0.3) is 5.69 Å². The van der Waals surface area contributed by atoms with Crippen molar-refractivity contribution in [2.45, 2.75) is 29.9 Å². The van der Waals surface area contributed by atoms with Gasteiger partial charge in [0, 0.05) is 18.1 Å². The molecule has 2 aromatic carbocycles. The molecule has 0 saturated carbocycles. The summed E-state index contributed by atoms with van der Waals surface area (Å²) in [5.41, 5.74) is 1.24. The third-order valence-corrected chi connectivity index (χ3v) is 6.43. The van der Waals surface area contributed by atoms with E-state index in [1.807, 2.05) is 48.5 Å². The van der Waals surface area contributed by atoms with E-state index in [0.717, 1.165) is 4.90 Å². The van der Waals surface area contributed by atoms with Gasteiger partial charge in [0.1, 0.15) is 10.7 Å². The number of ether oxygens (including phenoxy) is 1. The summed E-state index contributed by atoms with van der Waals surface area (Å²) >= 11 is 1.33. The normalized spacial score (nSPS) is 11.6. The Balaban J connectivity index is 1.50. The number of pyridine rings is 1. The fraction of sp³-hybridized carbons (Fsp3) is 0.154. The summed E-state index contributed by atoms with van der Waals surface area (Å²) in [4.78, 5) is 44.0. The van der Waals surface area contributed by atoms with Crippen LogP contribution in [0.4, 0.5) is 5.69 Å². The molecule has 2 heterocycles. The van der Waals surface area contributed by atoms with Crippen LogP contribution < -0.4 is 10.9 Å². The summed E-state index contributed by atoms with van der Waals surface area (Å²) in [6.45, 7) is 3.19. The van der Waals surface area contributed by atoms with Gasteiger partial charge in [0.05, 0.1) is 16.9 Å². The van der Waals surface area contributed by atoms with Gasteiger partial charge in [-0.25, -0.2) is 14.5 Å². The van der Waals surface area contributed by atoms with E-state index in [2.05, 4.69) is 10.3 Å². The Labute approximate surface area is 206 Å². The quantitative estimate of drug-likeness (QED) is 0.392. The lowest BCUT2D eigenvalue weighted by atomic mass is 10.3. The van der Waals surface area contributed by atoms with Crippen LogP contribution in [-0.2, 0) is 16.6 Å². The van der Waals surface area contributed by atoms with Crippen LogP contribution in [0.3, 0.4) is 0 Å². The molecule has 0 bridgehead atoms. The van der Waals surface area contributed by atoms with E-state index in [1.165, 1.54) is 23.4 Å². The van der Waals surface area contributed by atoms with Crippen LogP contribution in [0.2, 0.25) is 0 Å². The number of carbonyl (C=O) groups is 2. The van der Waals surface area contributed by atoms with Gasteiger partial charge in [-0.1, -0.05) is 48.2 Å². The SMILES string of the molecule is Cc1c(NC(=O)[C@H](C)OC(=O)c2cccnc2Sc2ccccc2)c(=O)n(-c2ccccc2)n1C. The van der Waals surface area contributed by atoms with E-state index in [-0.39, 0.29) is 16.8 Å². The minimum Gasteiger partial charge on any atom is -0.449 e. The van der Waals surface area contributed by atoms with Crippen molar-refractivity contribution in [3.05, 3.63) is 101 Å². The Morgan fingerprint density at radius 1 is 1.00 bits per heavy atom. The van der Waals surface area contributed by atoms with Gasteiger partial charge < -0.3 is 10.1 Å². The largest absolute Gasteiger partial charge is 0.449 e. The highest BCUT2D eigenvalue weighted by Gasteiger charge is 2.25. The molecule has 0 radical (unpaired) electrons. The van der Waals surface area contributed by atoms with Crippen molar-refractivity contribution >= 4 is 29.3 Å². The third kappa shape index (κ3) is 5.20. The molecule has 1 N–H and O–H groups in total. The number of aromatic nitrogens is 3. The van der Waals surface area contributed by atoms with Crippen molar-refractivity contribution in [3.63, 3.8) is 0 Å². The van der Waals surface area contributed by atoms with Crippen LogP contribution in [0.15, 0.2) is 93.7 Å². The first-order chi connectivity index (χ1) is 16.9. The number of esters is 1. The number of rotatable bonds is 7. The lowest BCUT2D eigenvalue weighted by molar-refractivity contribution is -0.123. The maximum atomic E-state index is 13.0. The van der Waals surface area contributed by atoms with Crippen LogP contribution in [-0.4, -0.2) is 32.3 Å². The maximum Gasteiger partial charge on any atom is 0.341 e. The molecule has 0 fully saturated rings. The number of amides is 1. The number of para-hydroxylation sites is 1. The Kier molecular flexibility index (Phi) is 7.17. The van der Waals surface area contributed by atoms with Crippen molar-refractivity contribution in [1.82, 2.24) is 14.3 Å². The standard InChI is InChI=1S/C26H24N4O4S/c1-17-22(25(32)30(29(17)3)19-11-6-4-7-12-19)28-23(31)18(2)34-26(33)21-15-10-16-27-24(21)35-20-13-8-5-9-14-20/h4-16,18H,1-3H3,(H,28,31)/t18-/m0/s1. The first-order valence-corrected chi connectivity index (χ1v) is 11.7. The molecule has 8 nitrogen and oxygen atoms in total. The van der Waals surface area contributed by atoms with Crippen LogP contribution in [0.5, 0.6) is 0 Å². The van der Waals surface area contributed by atoms with Gasteiger partial charge in [0.15, 0.2) is 6.10 Å². The number of hydrogen-bond acceptors (Lipinski definition) is 6. The zero-order valence-corrected chi connectivity index (χ0v) is 20.3. The highest BCUT2D eigenvalue weighted by molar-refractivity contribution is 7.99. The molecule has 4 aromatic rings. The summed E-state index contributed by atoms with van der Waals surface area (Å²) in [6.07, 6.45) is 0.454. The number of anilines is 1. The molecule has 178 valence electrons. The second kappa shape index (κ2) is 10.4. The number of carbonyl (C=O) groups excluding carboxylic acids is 2. The van der Waals surface area contributed by atoms with E-state index in [0.29, 0.717) is 16.4 Å². The lowest BCUT2D eigenvalue weighted by Crippen LogP contribution is -2.32. The lowest BCUT2D eigenvalue weighted by Gasteiger charge is -2.14. The van der Waals surface area contributed by atoms with Gasteiger partial charge in [-0.15, -0.1) is 0 Å². The van der Waals surface area contributed by atoms with Crippen molar-refractivity contribution in [2.24, 2.45) is 7.05 Å². The van der Waals surface area contributed by atoms with Gasteiger partial charge in [-0.2, -0.15) is 0 Å². The van der Waals surface area contributed by atoms with Gasteiger partial charge in [-0.3, -0.25) is 14.3 Å². The molecule has 0 aliphatic carbocycles. The number of benzene rings is 2. The molecule has 1 atom stereocenters. The first kappa shape index (κ1) is 24.0. The second-order valence-electron chi connectivity index (χ2n) is 7.74. The summed E-state index contributed by atoms with van der Waals surface area (Å²) in [7, 11) is 1.73. The van der Waals surface area contributed by atoms with Gasteiger partial charge >= 0.3 is 5.97 Å². The highest BCUT2D eigenvalue weighted by atomic mass is 32.2. The average molecular weight is 489 g/mol. The van der Waals surface area contributed by atoms with E-state index < -0.39 is 18.0 Å². The van der Waals surface area contributed by atoms with E-state index >= 15 is 0 Å². The molecule has 1 amide bonds. The number of hydrogen-bond donors (Lipinski definition) is 1. The predicted molar refractivity (Wildman–Crippen MR) is 134 cm³/mol. The highest BCUT2D eigenvalue weighted by Crippen LogP contribution is 2.29. The monoisotopic (exact) mass is 488 g/mol. The molecular formula is C26H24N4O4S. The second-order valence-corrected chi connectivity index (χ2v) is 8.81. The molecule has 35 heavy (non-hydrogen) atoms. The summed E-state index contributed by atoms with van der Waals surface area (Å²) in [6, 6.07) is 21.9. The number of nitrogens with zero attached hydrogens (tertiary/aromatic N) is 3. The van der Waals surface area contributed by atoms with E-state index in [1.54, 1.807) is 49.1 Å². The zero-order chi connectivity index (χ0) is 24.9. The molecule has 0 aliphatic rings. The molecule has 9 heteroatoms. The average Bonchev–Trinajstić information content (AvgIpc) is 3.08. The van der Waals surface area contributed by atoms with Crippen molar-refractivity contribution in [3.8, 4) is 5.69 Å². The topological polar surface area (TPSA) is 95.2 Å². The minimum absolute atomic E-state index is 0.131. The van der Waals surface area contributed by atoms with Gasteiger partial charge in [0.2, 0.25) is 0 Å². The summed E-state index contributed by atoms with van der Waals surface area (Å²) < 4.78 is 8.55. The fourth-order valence-corrected chi connectivity index (χ4v) is 4.33. The Bertz CT molecular complexity index is 1410.